The molecule has 9 nitrogen and oxygen atoms in total. The van der Waals surface area contributed by atoms with Crippen LogP contribution in [0.25, 0.3) is 0 Å². The van der Waals surface area contributed by atoms with Gasteiger partial charge in [-0.15, -0.1) is 0 Å². The maximum absolute atomic E-state index is 13.5. The first-order valence-electron chi connectivity index (χ1n) is 13.1. The second-order valence-corrected chi connectivity index (χ2v) is 9.82. The van der Waals surface area contributed by atoms with Crippen LogP contribution in [0.4, 0.5) is 11.8 Å². The van der Waals surface area contributed by atoms with Gasteiger partial charge in [0, 0.05) is 50.3 Å². The Hall–Kier alpha value is -3.07. The lowest BCUT2D eigenvalue weighted by Gasteiger charge is -2.37. The van der Waals surface area contributed by atoms with E-state index in [2.05, 4.69) is 16.8 Å². The molecular formula is C27H37N5O4. The highest BCUT2D eigenvalue weighted by Gasteiger charge is 2.31. The molecule has 0 atom stereocenters. The Morgan fingerprint density at radius 3 is 2.50 bits per heavy atom. The number of fused-ring (bicyclic) bond motifs is 1. The predicted molar refractivity (Wildman–Crippen MR) is 138 cm³/mol. The number of amides is 1. The average molecular weight is 496 g/mol. The number of aromatic nitrogens is 2. The average Bonchev–Trinajstić information content (AvgIpc) is 2.96. The topological polar surface area (TPSA) is 80.3 Å². The van der Waals surface area contributed by atoms with Crippen LogP contribution in [-0.4, -0.2) is 80.9 Å². The molecule has 5 rings (SSSR count). The van der Waals surface area contributed by atoms with Gasteiger partial charge in [0.15, 0.2) is 11.5 Å². The fraction of sp³-hybridized carbons (Fsp3) is 0.593. The van der Waals surface area contributed by atoms with E-state index in [9.17, 15) is 4.79 Å². The molecular weight excluding hydrogens is 458 g/mol. The normalized spacial score (nSPS) is 18.5. The molecule has 2 fully saturated rings. The lowest BCUT2D eigenvalue weighted by molar-refractivity contribution is 0.0732. The number of carbonyl (C=O) groups excluding carboxylic acids is 1. The van der Waals surface area contributed by atoms with E-state index in [1.54, 1.807) is 32.4 Å². The zero-order valence-electron chi connectivity index (χ0n) is 21.7. The summed E-state index contributed by atoms with van der Waals surface area (Å²) in [5.74, 6) is 2.88. The summed E-state index contributed by atoms with van der Waals surface area (Å²) in [5, 5.41) is 0. The zero-order chi connectivity index (χ0) is 25.1. The van der Waals surface area contributed by atoms with Crippen molar-refractivity contribution >= 4 is 17.7 Å². The molecule has 2 aromatic rings. The zero-order valence-corrected chi connectivity index (χ0v) is 21.7. The molecule has 9 heteroatoms. The van der Waals surface area contributed by atoms with Crippen LogP contribution in [-0.2, 0) is 17.7 Å². The predicted octanol–water partition coefficient (Wildman–Crippen LogP) is 3.30. The lowest BCUT2D eigenvalue weighted by atomic mass is 9.95. The van der Waals surface area contributed by atoms with Crippen molar-refractivity contribution in [2.75, 3.05) is 63.9 Å². The first-order valence-corrected chi connectivity index (χ1v) is 13.1. The number of anilines is 2. The van der Waals surface area contributed by atoms with Crippen LogP contribution in [0.15, 0.2) is 18.2 Å². The summed E-state index contributed by atoms with van der Waals surface area (Å²) in [6.07, 6.45) is 6.94. The van der Waals surface area contributed by atoms with Crippen LogP contribution in [0.3, 0.4) is 0 Å². The first-order chi connectivity index (χ1) is 17.6. The number of hydrogen-bond donors (Lipinski definition) is 0. The van der Waals surface area contributed by atoms with Gasteiger partial charge in [0.05, 0.1) is 39.7 Å². The Morgan fingerprint density at radius 2 is 1.78 bits per heavy atom. The third-order valence-corrected chi connectivity index (χ3v) is 7.69. The van der Waals surface area contributed by atoms with Crippen molar-refractivity contribution in [3.8, 4) is 11.5 Å². The number of carbonyl (C=O) groups is 1. The summed E-state index contributed by atoms with van der Waals surface area (Å²) in [4.78, 5) is 30.1. The first kappa shape index (κ1) is 24.6. The molecule has 0 spiro atoms. The maximum Gasteiger partial charge on any atom is 0.254 e. The van der Waals surface area contributed by atoms with Gasteiger partial charge in [0.25, 0.3) is 5.91 Å². The Balaban J connectivity index is 1.44. The van der Waals surface area contributed by atoms with Gasteiger partial charge in [0.2, 0.25) is 5.95 Å². The van der Waals surface area contributed by atoms with Crippen LogP contribution in [0, 0.1) is 0 Å². The summed E-state index contributed by atoms with van der Waals surface area (Å²) < 4.78 is 16.4. The Morgan fingerprint density at radius 1 is 1.03 bits per heavy atom. The fourth-order valence-corrected chi connectivity index (χ4v) is 5.54. The lowest BCUT2D eigenvalue weighted by Crippen LogP contribution is -2.42. The summed E-state index contributed by atoms with van der Waals surface area (Å²) in [6.45, 7) is 4.05. The maximum atomic E-state index is 13.5. The van der Waals surface area contributed by atoms with Gasteiger partial charge in [-0.2, -0.15) is 4.98 Å². The second kappa shape index (κ2) is 10.9. The van der Waals surface area contributed by atoms with Crippen LogP contribution in [0.5, 0.6) is 11.5 Å². The minimum absolute atomic E-state index is 0.0297. The number of nitrogens with zero attached hydrogens (tertiary/aromatic N) is 5. The molecule has 194 valence electrons. The molecule has 0 N–H and O–H groups in total. The molecule has 3 aliphatic rings. The van der Waals surface area contributed by atoms with Gasteiger partial charge >= 0.3 is 0 Å². The van der Waals surface area contributed by atoms with Gasteiger partial charge < -0.3 is 28.9 Å². The quantitative estimate of drug-likeness (QED) is 0.604. The minimum Gasteiger partial charge on any atom is -0.493 e. The van der Waals surface area contributed by atoms with Crippen molar-refractivity contribution in [1.82, 2.24) is 14.9 Å². The van der Waals surface area contributed by atoms with Gasteiger partial charge in [-0.25, -0.2) is 4.98 Å². The van der Waals surface area contributed by atoms with Crippen molar-refractivity contribution in [3.05, 3.63) is 35.0 Å². The summed E-state index contributed by atoms with van der Waals surface area (Å²) in [7, 11) is 5.31. The van der Waals surface area contributed by atoms with Gasteiger partial charge in [0.1, 0.15) is 5.82 Å². The second-order valence-electron chi connectivity index (χ2n) is 9.82. The van der Waals surface area contributed by atoms with Gasteiger partial charge in [-0.1, -0.05) is 19.3 Å². The van der Waals surface area contributed by atoms with Crippen molar-refractivity contribution in [1.29, 1.82) is 0 Å². The highest BCUT2D eigenvalue weighted by atomic mass is 16.5. The van der Waals surface area contributed by atoms with Crippen molar-refractivity contribution in [2.45, 2.75) is 51.1 Å². The monoisotopic (exact) mass is 495 g/mol. The largest absolute Gasteiger partial charge is 0.493 e. The van der Waals surface area contributed by atoms with Crippen LogP contribution >= 0.6 is 0 Å². The molecule has 1 aromatic heterocycles. The number of hydrogen-bond acceptors (Lipinski definition) is 8. The van der Waals surface area contributed by atoms with Gasteiger partial charge in [-0.05, 0) is 31.0 Å². The van der Waals surface area contributed by atoms with Crippen molar-refractivity contribution < 1.29 is 19.0 Å². The molecule has 1 aromatic carbocycles. The number of benzene rings is 1. The Bertz CT molecular complexity index is 1080. The smallest absolute Gasteiger partial charge is 0.254 e. The van der Waals surface area contributed by atoms with E-state index in [1.165, 1.54) is 32.1 Å². The molecule has 0 bridgehead atoms. The Kier molecular flexibility index (Phi) is 7.46. The summed E-state index contributed by atoms with van der Waals surface area (Å²) in [6, 6.07) is 5.81. The highest BCUT2D eigenvalue weighted by Crippen LogP contribution is 2.33. The number of ether oxygens (including phenoxy) is 3. The molecule has 1 aliphatic carbocycles. The van der Waals surface area contributed by atoms with E-state index >= 15 is 0 Å². The molecule has 3 heterocycles. The van der Waals surface area contributed by atoms with E-state index in [4.69, 9.17) is 24.2 Å². The third kappa shape index (κ3) is 4.93. The van der Waals surface area contributed by atoms with E-state index in [-0.39, 0.29) is 5.91 Å². The molecule has 36 heavy (non-hydrogen) atoms. The van der Waals surface area contributed by atoms with Crippen LogP contribution in [0.2, 0.25) is 0 Å². The molecule has 1 amide bonds. The van der Waals surface area contributed by atoms with Crippen molar-refractivity contribution in [2.24, 2.45) is 0 Å². The molecule has 1 saturated heterocycles. The molecule has 2 aliphatic heterocycles. The standard InChI is InChI=1S/C27H37N5O4/c1-30(20-7-5-4-6-8-20)27-28-22-11-12-32(18-21(22)25(29-27)31-13-15-36-16-14-31)26(33)19-9-10-23(34-2)24(17-19)35-3/h9-10,17,20H,4-8,11-16,18H2,1-3H3. The molecule has 1 saturated carbocycles. The van der Waals surface area contributed by atoms with E-state index in [0.29, 0.717) is 55.8 Å². The summed E-state index contributed by atoms with van der Waals surface area (Å²) >= 11 is 0. The Labute approximate surface area is 213 Å². The number of methoxy groups -OCH3 is 2. The third-order valence-electron chi connectivity index (χ3n) is 7.69. The van der Waals surface area contributed by atoms with E-state index < -0.39 is 0 Å². The van der Waals surface area contributed by atoms with Crippen LogP contribution < -0.4 is 19.3 Å². The fourth-order valence-electron chi connectivity index (χ4n) is 5.54. The summed E-state index contributed by atoms with van der Waals surface area (Å²) in [5.41, 5.74) is 2.69. The highest BCUT2D eigenvalue weighted by molar-refractivity contribution is 5.95. The molecule has 0 radical (unpaired) electrons. The van der Waals surface area contributed by atoms with E-state index in [0.717, 1.165) is 36.1 Å². The minimum atomic E-state index is -0.0297. The van der Waals surface area contributed by atoms with Crippen LogP contribution in [0.1, 0.15) is 53.7 Å². The number of rotatable bonds is 6. The van der Waals surface area contributed by atoms with E-state index in [1.807, 2.05) is 4.90 Å². The van der Waals surface area contributed by atoms with Gasteiger partial charge in [-0.3, -0.25) is 4.79 Å². The molecule has 0 unspecified atom stereocenters. The number of morpholine rings is 1. The SMILES string of the molecule is COc1ccc(C(=O)N2CCc3nc(N(C)C4CCCCC4)nc(N4CCOCC4)c3C2)cc1OC. The van der Waals surface area contributed by atoms with Crippen molar-refractivity contribution in [3.63, 3.8) is 0 Å².